The highest BCUT2D eigenvalue weighted by Crippen LogP contribution is 2.33. The molecule has 24 heavy (non-hydrogen) atoms. The van der Waals surface area contributed by atoms with E-state index >= 15 is 0 Å². The number of benzene rings is 1. The molecule has 0 spiro atoms. The summed E-state index contributed by atoms with van der Waals surface area (Å²) in [5.74, 6) is 0. The van der Waals surface area contributed by atoms with E-state index < -0.39 is 23.7 Å². The van der Waals surface area contributed by atoms with Crippen molar-refractivity contribution in [3.63, 3.8) is 0 Å². The van der Waals surface area contributed by atoms with Gasteiger partial charge < -0.3 is 10.6 Å². The van der Waals surface area contributed by atoms with E-state index in [-0.39, 0.29) is 0 Å². The van der Waals surface area contributed by atoms with Gasteiger partial charge in [-0.15, -0.1) is 11.3 Å². The highest BCUT2D eigenvalue weighted by atomic mass is 32.1. The molecule has 1 aromatic heterocycles. The molecule has 4 nitrogen and oxygen atoms in total. The summed E-state index contributed by atoms with van der Waals surface area (Å²) in [7, 11) is 0. The zero-order chi connectivity index (χ0) is 18.0. The molecular formula is C16H18F3N3OS. The molecule has 2 rings (SSSR count). The van der Waals surface area contributed by atoms with E-state index in [9.17, 15) is 18.0 Å². The molecule has 0 radical (unpaired) electrons. The quantitative estimate of drug-likeness (QED) is 0.820. The van der Waals surface area contributed by atoms with Crippen LogP contribution < -0.4 is 10.6 Å². The third-order valence-corrected chi connectivity index (χ3v) is 4.09. The van der Waals surface area contributed by atoms with Gasteiger partial charge in [-0.1, -0.05) is 32.9 Å². The predicted octanol–water partition coefficient (Wildman–Crippen LogP) is 4.91. The number of hydrogen-bond donors (Lipinski definition) is 2. The van der Waals surface area contributed by atoms with Crippen LogP contribution in [0.15, 0.2) is 35.8 Å². The van der Waals surface area contributed by atoms with Gasteiger partial charge in [-0.2, -0.15) is 13.2 Å². The van der Waals surface area contributed by atoms with E-state index in [1.807, 2.05) is 16.8 Å². The summed E-state index contributed by atoms with van der Waals surface area (Å²) in [6.45, 7) is 4.28. The second kappa shape index (κ2) is 6.80. The van der Waals surface area contributed by atoms with Crippen molar-refractivity contribution in [3.05, 3.63) is 35.8 Å². The number of rotatable bonds is 3. The molecule has 0 unspecified atom stereocenters. The third-order valence-electron chi connectivity index (χ3n) is 3.27. The first-order valence-corrected chi connectivity index (χ1v) is 8.09. The van der Waals surface area contributed by atoms with Gasteiger partial charge in [0.05, 0.1) is 0 Å². The second-order valence-corrected chi connectivity index (χ2v) is 7.25. The number of nitrogens with one attached hydrogen (secondary N) is 2. The highest BCUT2D eigenvalue weighted by molar-refractivity contribution is 7.13. The average molecular weight is 357 g/mol. The summed E-state index contributed by atoms with van der Waals surface area (Å²) in [6.07, 6.45) is -2.87. The third kappa shape index (κ3) is 4.70. The lowest BCUT2D eigenvalue weighted by Crippen LogP contribution is -2.54. The van der Waals surface area contributed by atoms with Crippen LogP contribution in [0, 0.1) is 5.41 Å². The summed E-state index contributed by atoms with van der Waals surface area (Å²) in [6, 6.07) is 3.94. The van der Waals surface area contributed by atoms with Crippen LogP contribution in [0.1, 0.15) is 20.8 Å². The van der Waals surface area contributed by atoms with E-state index in [0.29, 0.717) is 5.69 Å². The molecule has 1 atom stereocenters. The Bertz CT molecular complexity index is 679. The fraction of sp³-hybridized carbons (Fsp3) is 0.375. The zero-order valence-electron chi connectivity index (χ0n) is 13.4. The molecule has 0 aliphatic carbocycles. The predicted molar refractivity (Wildman–Crippen MR) is 89.0 cm³/mol. The molecule has 0 saturated carbocycles. The summed E-state index contributed by atoms with van der Waals surface area (Å²) in [5.41, 5.74) is 0.0271. The van der Waals surface area contributed by atoms with Gasteiger partial charge in [0, 0.05) is 22.8 Å². The molecule has 0 fully saturated rings. The fourth-order valence-corrected chi connectivity index (χ4v) is 2.82. The molecule has 1 heterocycles. The Balaban J connectivity index is 2.11. The monoisotopic (exact) mass is 357 g/mol. The van der Waals surface area contributed by atoms with Crippen molar-refractivity contribution < 1.29 is 18.0 Å². The number of anilines is 1. The molecule has 1 aromatic carbocycles. The number of halogens is 3. The van der Waals surface area contributed by atoms with Crippen molar-refractivity contribution in [2.45, 2.75) is 33.0 Å². The number of amides is 2. The summed E-state index contributed by atoms with van der Waals surface area (Å²) in [4.78, 5) is 16.1. The molecule has 8 heteroatoms. The van der Waals surface area contributed by atoms with E-state index in [2.05, 4.69) is 10.3 Å². The van der Waals surface area contributed by atoms with Crippen molar-refractivity contribution in [1.29, 1.82) is 0 Å². The zero-order valence-corrected chi connectivity index (χ0v) is 14.3. The van der Waals surface area contributed by atoms with Crippen molar-refractivity contribution in [2.75, 3.05) is 5.32 Å². The molecule has 0 aliphatic heterocycles. The standard InChI is InChI=1S/C16H18F3N3OS/c1-15(2,3)13(16(17,18)19)22-14(23)21-11-6-4-5-10(9-11)12-20-7-8-24-12/h4-9,13H,1-3H3,(H2,21,22,23)/t13-/m0/s1. The number of aromatic nitrogens is 1. The average Bonchev–Trinajstić information content (AvgIpc) is 2.97. The number of carbonyl (C=O) groups is 1. The van der Waals surface area contributed by atoms with Gasteiger partial charge >= 0.3 is 12.2 Å². The Morgan fingerprint density at radius 1 is 1.25 bits per heavy atom. The second-order valence-electron chi connectivity index (χ2n) is 6.36. The first-order chi connectivity index (χ1) is 11.1. The SMILES string of the molecule is CC(C)(C)[C@H](NC(=O)Nc1cccc(-c2nccs2)c1)C(F)(F)F. The Hall–Kier alpha value is -2.09. The van der Waals surface area contributed by atoms with Gasteiger partial charge in [-0.05, 0) is 17.5 Å². The van der Waals surface area contributed by atoms with E-state index in [4.69, 9.17) is 0 Å². The van der Waals surface area contributed by atoms with Gasteiger partial charge in [0.15, 0.2) is 0 Å². The summed E-state index contributed by atoms with van der Waals surface area (Å²) in [5, 5.41) is 7.04. The molecule has 2 amide bonds. The normalized spacial score (nSPS) is 13.4. The molecule has 0 aliphatic rings. The van der Waals surface area contributed by atoms with Crippen LogP contribution in [0.25, 0.3) is 10.6 Å². The minimum Gasteiger partial charge on any atom is -0.325 e. The van der Waals surface area contributed by atoms with Crippen LogP contribution in [-0.4, -0.2) is 23.2 Å². The van der Waals surface area contributed by atoms with Crippen LogP contribution in [0.4, 0.5) is 23.7 Å². The maximum absolute atomic E-state index is 13.1. The van der Waals surface area contributed by atoms with Crippen molar-refractivity contribution in [2.24, 2.45) is 5.41 Å². The lowest BCUT2D eigenvalue weighted by atomic mass is 9.86. The smallest absolute Gasteiger partial charge is 0.325 e. The van der Waals surface area contributed by atoms with Crippen LogP contribution >= 0.6 is 11.3 Å². The molecular weight excluding hydrogens is 339 g/mol. The molecule has 2 N–H and O–H groups in total. The maximum Gasteiger partial charge on any atom is 0.409 e. The number of hydrogen-bond acceptors (Lipinski definition) is 3. The van der Waals surface area contributed by atoms with Crippen molar-refractivity contribution in [3.8, 4) is 10.6 Å². The minimum atomic E-state index is -4.53. The van der Waals surface area contributed by atoms with Crippen LogP contribution in [-0.2, 0) is 0 Å². The number of carbonyl (C=O) groups excluding carboxylic acids is 1. The van der Waals surface area contributed by atoms with Gasteiger partial charge in [0.25, 0.3) is 0 Å². The van der Waals surface area contributed by atoms with Crippen molar-refractivity contribution >= 4 is 23.1 Å². The van der Waals surface area contributed by atoms with E-state index in [1.54, 1.807) is 24.4 Å². The topological polar surface area (TPSA) is 54.0 Å². The van der Waals surface area contributed by atoms with Gasteiger partial charge in [-0.25, -0.2) is 9.78 Å². The minimum absolute atomic E-state index is 0.398. The number of nitrogens with zero attached hydrogens (tertiary/aromatic N) is 1. The molecule has 0 bridgehead atoms. The maximum atomic E-state index is 13.1. The summed E-state index contributed by atoms with van der Waals surface area (Å²) >= 11 is 1.43. The number of urea groups is 1. The Morgan fingerprint density at radius 3 is 2.50 bits per heavy atom. The van der Waals surface area contributed by atoms with Gasteiger partial charge in [0.1, 0.15) is 11.0 Å². The van der Waals surface area contributed by atoms with E-state index in [1.165, 1.54) is 32.1 Å². The first-order valence-electron chi connectivity index (χ1n) is 7.21. The number of thiazole rings is 1. The largest absolute Gasteiger partial charge is 0.409 e. The van der Waals surface area contributed by atoms with Crippen LogP contribution in [0.5, 0.6) is 0 Å². The Kier molecular flexibility index (Phi) is 5.17. The van der Waals surface area contributed by atoms with E-state index in [0.717, 1.165) is 10.6 Å². The van der Waals surface area contributed by atoms with Gasteiger partial charge in [-0.3, -0.25) is 0 Å². The Labute approximate surface area is 142 Å². The molecule has 130 valence electrons. The summed E-state index contributed by atoms with van der Waals surface area (Å²) < 4.78 is 39.3. The molecule has 0 saturated heterocycles. The van der Waals surface area contributed by atoms with Gasteiger partial charge in [0.2, 0.25) is 0 Å². The highest BCUT2D eigenvalue weighted by Gasteiger charge is 2.47. The lowest BCUT2D eigenvalue weighted by molar-refractivity contribution is -0.174. The number of alkyl halides is 3. The Morgan fingerprint density at radius 2 is 1.96 bits per heavy atom. The van der Waals surface area contributed by atoms with Crippen LogP contribution in [0.2, 0.25) is 0 Å². The van der Waals surface area contributed by atoms with Crippen LogP contribution in [0.3, 0.4) is 0 Å². The lowest BCUT2D eigenvalue weighted by Gasteiger charge is -2.32. The first kappa shape index (κ1) is 18.3. The molecule has 2 aromatic rings. The fourth-order valence-electron chi connectivity index (χ4n) is 2.18. The van der Waals surface area contributed by atoms with Crippen molar-refractivity contribution in [1.82, 2.24) is 10.3 Å².